The second kappa shape index (κ2) is 7.49. The number of aromatic nitrogens is 2. The van der Waals surface area contributed by atoms with Gasteiger partial charge in [0.1, 0.15) is 0 Å². The van der Waals surface area contributed by atoms with Gasteiger partial charge in [-0.05, 0) is 58.2 Å². The molecule has 1 aromatic heterocycles. The average Bonchev–Trinajstić information content (AvgIpc) is 2.71. The van der Waals surface area contributed by atoms with Gasteiger partial charge < -0.3 is 5.32 Å². The zero-order valence-corrected chi connectivity index (χ0v) is 11.7. The van der Waals surface area contributed by atoms with E-state index in [4.69, 9.17) is 0 Å². The van der Waals surface area contributed by atoms with Crippen molar-refractivity contribution in [2.24, 2.45) is 5.92 Å². The third kappa shape index (κ3) is 5.87. The zero-order chi connectivity index (χ0) is 12.7. The lowest BCUT2D eigenvalue weighted by Gasteiger charge is -2.06. The molecule has 1 aromatic rings. The molecule has 0 aliphatic heterocycles. The highest BCUT2D eigenvalue weighted by Gasteiger charge is 2.01. The molecule has 17 heavy (non-hydrogen) atoms. The average molecular weight is 237 g/mol. The van der Waals surface area contributed by atoms with Gasteiger partial charge in [0.15, 0.2) is 0 Å². The van der Waals surface area contributed by atoms with Crippen molar-refractivity contribution in [1.82, 2.24) is 15.1 Å². The van der Waals surface area contributed by atoms with Crippen LogP contribution < -0.4 is 5.32 Å². The molecule has 1 rings (SSSR count). The number of nitrogens with one attached hydrogen (secondary N) is 1. The molecule has 0 atom stereocenters. The normalized spacial score (nSPS) is 11.6. The van der Waals surface area contributed by atoms with Crippen molar-refractivity contribution in [3.8, 4) is 0 Å². The Kier molecular flexibility index (Phi) is 6.27. The summed E-state index contributed by atoms with van der Waals surface area (Å²) in [5.74, 6) is 0.747. The molecule has 0 aliphatic rings. The fraction of sp³-hybridized carbons (Fsp3) is 0.786. The SMILES string of the molecule is CC(C)CNCCCCc1ccn(C(C)C)n1. The van der Waals surface area contributed by atoms with E-state index in [0.717, 1.165) is 25.4 Å². The van der Waals surface area contributed by atoms with Crippen LogP contribution in [0.2, 0.25) is 0 Å². The number of aryl methyl sites for hydroxylation is 1. The molecule has 0 aliphatic carbocycles. The lowest BCUT2D eigenvalue weighted by molar-refractivity contribution is 0.518. The van der Waals surface area contributed by atoms with E-state index in [-0.39, 0.29) is 0 Å². The van der Waals surface area contributed by atoms with Crippen molar-refractivity contribution in [3.63, 3.8) is 0 Å². The molecule has 0 amide bonds. The Labute approximate surface area is 106 Å². The monoisotopic (exact) mass is 237 g/mol. The molecule has 0 radical (unpaired) electrons. The van der Waals surface area contributed by atoms with Gasteiger partial charge in [0.2, 0.25) is 0 Å². The molecule has 0 bridgehead atoms. The summed E-state index contributed by atoms with van der Waals surface area (Å²) in [5.41, 5.74) is 1.22. The van der Waals surface area contributed by atoms with Crippen molar-refractivity contribution >= 4 is 0 Å². The maximum absolute atomic E-state index is 4.55. The van der Waals surface area contributed by atoms with Crippen LogP contribution in [0.1, 0.15) is 52.3 Å². The summed E-state index contributed by atoms with van der Waals surface area (Å²) in [6, 6.07) is 2.61. The first-order valence-corrected chi connectivity index (χ1v) is 6.84. The quantitative estimate of drug-likeness (QED) is 0.704. The minimum absolute atomic E-state index is 0.469. The molecule has 0 aromatic carbocycles. The molecular formula is C14H27N3. The molecule has 0 unspecified atom stereocenters. The van der Waals surface area contributed by atoms with Gasteiger partial charge in [-0.3, -0.25) is 4.68 Å². The van der Waals surface area contributed by atoms with Gasteiger partial charge in [0.05, 0.1) is 5.69 Å². The smallest absolute Gasteiger partial charge is 0.0624 e. The number of nitrogens with zero attached hydrogens (tertiary/aromatic N) is 2. The summed E-state index contributed by atoms with van der Waals surface area (Å²) < 4.78 is 2.03. The predicted octanol–water partition coefficient (Wildman–Crippen LogP) is 3.03. The van der Waals surface area contributed by atoms with Crippen LogP contribution in [-0.2, 0) is 6.42 Å². The van der Waals surface area contributed by atoms with Crippen LogP contribution in [-0.4, -0.2) is 22.9 Å². The Bertz CT molecular complexity index is 302. The maximum Gasteiger partial charge on any atom is 0.0624 e. The van der Waals surface area contributed by atoms with E-state index in [1.807, 2.05) is 4.68 Å². The third-order valence-electron chi connectivity index (χ3n) is 2.78. The van der Waals surface area contributed by atoms with Crippen LogP contribution in [0, 0.1) is 5.92 Å². The lowest BCUT2D eigenvalue weighted by atomic mass is 10.2. The van der Waals surface area contributed by atoms with Gasteiger partial charge in [-0.25, -0.2) is 0 Å². The van der Waals surface area contributed by atoms with Crippen molar-refractivity contribution in [1.29, 1.82) is 0 Å². The van der Waals surface area contributed by atoms with Crippen LogP contribution in [0.4, 0.5) is 0 Å². The Morgan fingerprint density at radius 3 is 2.59 bits per heavy atom. The molecule has 1 N–H and O–H groups in total. The van der Waals surface area contributed by atoms with Gasteiger partial charge in [-0.2, -0.15) is 5.10 Å². The van der Waals surface area contributed by atoms with Gasteiger partial charge in [-0.15, -0.1) is 0 Å². The van der Waals surface area contributed by atoms with Crippen LogP contribution in [0.3, 0.4) is 0 Å². The van der Waals surface area contributed by atoms with Crippen LogP contribution in [0.5, 0.6) is 0 Å². The summed E-state index contributed by atoms with van der Waals surface area (Å²) in [5, 5.41) is 8.02. The summed E-state index contributed by atoms with van der Waals surface area (Å²) in [6.45, 7) is 11.1. The van der Waals surface area contributed by atoms with Gasteiger partial charge in [0.25, 0.3) is 0 Å². The second-order valence-corrected chi connectivity index (χ2v) is 5.44. The first-order valence-electron chi connectivity index (χ1n) is 6.84. The van der Waals surface area contributed by atoms with Crippen LogP contribution >= 0.6 is 0 Å². The molecule has 3 heteroatoms. The van der Waals surface area contributed by atoms with Gasteiger partial charge in [0, 0.05) is 12.2 Å². The maximum atomic E-state index is 4.55. The highest BCUT2D eigenvalue weighted by atomic mass is 15.3. The van der Waals surface area contributed by atoms with E-state index >= 15 is 0 Å². The fourth-order valence-corrected chi connectivity index (χ4v) is 1.75. The minimum Gasteiger partial charge on any atom is -0.316 e. The van der Waals surface area contributed by atoms with E-state index in [2.05, 4.69) is 50.4 Å². The van der Waals surface area contributed by atoms with Crippen molar-refractivity contribution in [3.05, 3.63) is 18.0 Å². The van der Waals surface area contributed by atoms with E-state index in [1.54, 1.807) is 0 Å². The molecule has 0 fully saturated rings. The molecule has 0 spiro atoms. The third-order valence-corrected chi connectivity index (χ3v) is 2.78. The summed E-state index contributed by atoms with van der Waals surface area (Å²) in [4.78, 5) is 0. The predicted molar refractivity (Wildman–Crippen MR) is 73.3 cm³/mol. The molecular weight excluding hydrogens is 210 g/mol. The summed E-state index contributed by atoms with van der Waals surface area (Å²) >= 11 is 0. The lowest BCUT2D eigenvalue weighted by Crippen LogP contribution is -2.20. The van der Waals surface area contributed by atoms with E-state index in [9.17, 15) is 0 Å². The van der Waals surface area contributed by atoms with E-state index in [0.29, 0.717) is 6.04 Å². The van der Waals surface area contributed by atoms with Crippen molar-refractivity contribution in [2.75, 3.05) is 13.1 Å². The largest absolute Gasteiger partial charge is 0.316 e. The highest BCUT2D eigenvalue weighted by molar-refractivity contribution is 4.99. The highest BCUT2D eigenvalue weighted by Crippen LogP contribution is 2.06. The minimum atomic E-state index is 0.469. The summed E-state index contributed by atoms with van der Waals surface area (Å²) in [7, 11) is 0. The van der Waals surface area contributed by atoms with Gasteiger partial charge >= 0.3 is 0 Å². The first-order chi connectivity index (χ1) is 8.09. The van der Waals surface area contributed by atoms with E-state index < -0.39 is 0 Å². The van der Waals surface area contributed by atoms with Crippen LogP contribution in [0.25, 0.3) is 0 Å². The van der Waals surface area contributed by atoms with Gasteiger partial charge in [-0.1, -0.05) is 13.8 Å². The Hall–Kier alpha value is -0.830. The second-order valence-electron chi connectivity index (χ2n) is 5.44. The molecule has 0 saturated heterocycles. The standard InChI is InChI=1S/C14H27N3/c1-12(2)11-15-9-6-5-7-14-8-10-17(16-14)13(3)4/h8,10,12-13,15H,5-7,9,11H2,1-4H3. The fourth-order valence-electron chi connectivity index (χ4n) is 1.75. The van der Waals surface area contributed by atoms with Crippen molar-refractivity contribution in [2.45, 2.75) is 53.0 Å². The van der Waals surface area contributed by atoms with Crippen LogP contribution in [0.15, 0.2) is 12.3 Å². The number of hydrogen-bond acceptors (Lipinski definition) is 2. The summed E-state index contributed by atoms with van der Waals surface area (Å²) in [6.07, 6.45) is 5.64. The molecule has 98 valence electrons. The molecule has 3 nitrogen and oxygen atoms in total. The topological polar surface area (TPSA) is 29.9 Å². The van der Waals surface area contributed by atoms with Crippen molar-refractivity contribution < 1.29 is 0 Å². The number of unbranched alkanes of at least 4 members (excludes halogenated alkanes) is 1. The number of rotatable bonds is 8. The molecule has 1 heterocycles. The number of hydrogen-bond donors (Lipinski definition) is 1. The Morgan fingerprint density at radius 1 is 1.24 bits per heavy atom. The van der Waals surface area contributed by atoms with E-state index in [1.165, 1.54) is 18.5 Å². The first kappa shape index (κ1) is 14.2. The Morgan fingerprint density at radius 2 is 2.00 bits per heavy atom. The molecule has 0 saturated carbocycles. The zero-order valence-electron chi connectivity index (χ0n) is 11.7. The Balaban J connectivity index is 2.09.